The van der Waals surface area contributed by atoms with Crippen LogP contribution in [0, 0.1) is 0 Å². The Kier molecular flexibility index (Phi) is 2.75. The second kappa shape index (κ2) is 3.32. The van der Waals surface area contributed by atoms with E-state index in [4.69, 9.17) is 5.73 Å². The summed E-state index contributed by atoms with van der Waals surface area (Å²) in [5.41, 5.74) is 4.41. The molecule has 0 amide bonds. The summed E-state index contributed by atoms with van der Waals surface area (Å²) in [7, 11) is -2.92. The summed E-state index contributed by atoms with van der Waals surface area (Å²) in [5, 5.41) is 9.70. The zero-order chi connectivity index (χ0) is 9.24. The van der Waals surface area contributed by atoms with Crippen LogP contribution < -0.4 is 5.73 Å². The topological polar surface area (TPSA) is 80.4 Å². The van der Waals surface area contributed by atoms with E-state index >= 15 is 0 Å². The molecule has 0 radical (unpaired) electrons. The summed E-state index contributed by atoms with van der Waals surface area (Å²) >= 11 is 0. The number of hydrogen-bond donors (Lipinski definition) is 2. The maximum Gasteiger partial charge on any atom is 0.150 e. The molecular formula is C7H15NO3S. The predicted octanol–water partition coefficient (Wildman–Crippen LogP) is -0.725. The molecule has 12 heavy (non-hydrogen) atoms. The fourth-order valence-corrected chi connectivity index (χ4v) is 2.88. The molecule has 1 aliphatic rings. The fraction of sp³-hybridized carbons (Fsp3) is 1.00. The predicted molar refractivity (Wildman–Crippen MR) is 46.5 cm³/mol. The first-order valence-electron chi connectivity index (χ1n) is 4.10. The highest BCUT2D eigenvalue weighted by molar-refractivity contribution is 7.91. The van der Waals surface area contributed by atoms with E-state index in [-0.39, 0.29) is 24.5 Å². The molecule has 4 nitrogen and oxygen atoms in total. The van der Waals surface area contributed by atoms with Crippen LogP contribution in [0.25, 0.3) is 0 Å². The zero-order valence-corrected chi connectivity index (χ0v) is 7.81. The van der Waals surface area contributed by atoms with E-state index in [1.54, 1.807) is 0 Å². The van der Waals surface area contributed by atoms with E-state index in [1.807, 2.05) is 0 Å². The van der Waals surface area contributed by atoms with Crippen molar-refractivity contribution in [3.63, 3.8) is 0 Å². The van der Waals surface area contributed by atoms with Gasteiger partial charge in [-0.05, 0) is 19.3 Å². The van der Waals surface area contributed by atoms with Crippen LogP contribution in [0.2, 0.25) is 0 Å². The quantitative estimate of drug-likeness (QED) is 0.575. The van der Waals surface area contributed by atoms with Crippen LogP contribution >= 0.6 is 0 Å². The molecule has 0 aliphatic carbocycles. The van der Waals surface area contributed by atoms with Gasteiger partial charge in [0.1, 0.15) is 9.84 Å². The summed E-state index contributed by atoms with van der Waals surface area (Å²) in [6.45, 7) is 0.155. The minimum Gasteiger partial charge on any atom is -0.389 e. The van der Waals surface area contributed by atoms with Gasteiger partial charge in [-0.15, -0.1) is 0 Å². The molecule has 0 bridgehead atoms. The van der Waals surface area contributed by atoms with Gasteiger partial charge in [-0.3, -0.25) is 0 Å². The van der Waals surface area contributed by atoms with Crippen LogP contribution in [-0.4, -0.2) is 37.2 Å². The van der Waals surface area contributed by atoms with Gasteiger partial charge in [0.15, 0.2) is 0 Å². The Balaban J connectivity index is 2.68. The van der Waals surface area contributed by atoms with Crippen molar-refractivity contribution in [2.24, 2.45) is 5.73 Å². The molecule has 0 spiro atoms. The van der Waals surface area contributed by atoms with Crippen LogP contribution in [0.4, 0.5) is 0 Å². The molecular weight excluding hydrogens is 178 g/mol. The highest BCUT2D eigenvalue weighted by Crippen LogP contribution is 2.21. The zero-order valence-electron chi connectivity index (χ0n) is 6.99. The number of aliphatic hydroxyl groups is 1. The Hall–Kier alpha value is -0.130. The average Bonchev–Trinajstić information content (AvgIpc) is 2.13. The molecule has 1 fully saturated rings. The highest BCUT2D eigenvalue weighted by atomic mass is 32.2. The maximum absolute atomic E-state index is 11.1. The van der Waals surface area contributed by atoms with Gasteiger partial charge in [0.2, 0.25) is 0 Å². The summed E-state index contributed by atoms with van der Waals surface area (Å²) in [4.78, 5) is 0. The molecule has 1 unspecified atom stereocenters. The molecule has 3 N–H and O–H groups in total. The molecule has 1 aliphatic heterocycles. The van der Waals surface area contributed by atoms with Gasteiger partial charge in [-0.2, -0.15) is 0 Å². The lowest BCUT2D eigenvalue weighted by molar-refractivity contribution is 0.0384. The van der Waals surface area contributed by atoms with Gasteiger partial charge in [0.25, 0.3) is 0 Å². The summed E-state index contributed by atoms with van der Waals surface area (Å²) in [5.74, 6) is 0.260. The smallest absolute Gasteiger partial charge is 0.150 e. The molecule has 0 aromatic rings. The lowest BCUT2D eigenvalue weighted by atomic mass is 9.95. The number of rotatable bonds is 1. The van der Waals surface area contributed by atoms with Gasteiger partial charge in [0, 0.05) is 6.54 Å². The second-order valence-corrected chi connectivity index (χ2v) is 5.74. The number of hydrogen-bond acceptors (Lipinski definition) is 4. The normalized spacial score (nSPS) is 35.8. The van der Waals surface area contributed by atoms with E-state index in [1.165, 1.54) is 0 Å². The molecule has 1 heterocycles. The van der Waals surface area contributed by atoms with Crippen molar-refractivity contribution >= 4 is 9.84 Å². The molecule has 0 aromatic heterocycles. The first-order valence-corrected chi connectivity index (χ1v) is 5.92. The van der Waals surface area contributed by atoms with Crippen molar-refractivity contribution in [2.45, 2.75) is 24.9 Å². The largest absolute Gasteiger partial charge is 0.389 e. The minimum absolute atomic E-state index is 0.0701. The van der Waals surface area contributed by atoms with Gasteiger partial charge in [-0.25, -0.2) is 8.42 Å². The van der Waals surface area contributed by atoms with Crippen molar-refractivity contribution in [1.82, 2.24) is 0 Å². The van der Waals surface area contributed by atoms with Gasteiger partial charge >= 0.3 is 0 Å². The first kappa shape index (κ1) is 9.95. The number of nitrogens with two attached hydrogens (primary N) is 1. The lowest BCUT2D eigenvalue weighted by Gasteiger charge is -2.23. The minimum atomic E-state index is -2.92. The van der Waals surface area contributed by atoms with Gasteiger partial charge in [-0.1, -0.05) is 0 Å². The first-order chi connectivity index (χ1) is 5.47. The van der Waals surface area contributed by atoms with Crippen LogP contribution in [-0.2, 0) is 9.84 Å². The van der Waals surface area contributed by atoms with Gasteiger partial charge < -0.3 is 10.8 Å². The summed E-state index contributed by atoms with van der Waals surface area (Å²) in [6, 6.07) is 0. The third-order valence-electron chi connectivity index (χ3n) is 2.36. The van der Waals surface area contributed by atoms with Crippen molar-refractivity contribution in [3.05, 3.63) is 0 Å². The van der Waals surface area contributed by atoms with Crippen molar-refractivity contribution in [1.29, 1.82) is 0 Å². The van der Waals surface area contributed by atoms with Crippen LogP contribution in [0.15, 0.2) is 0 Å². The van der Waals surface area contributed by atoms with Crippen LogP contribution in [0.1, 0.15) is 19.3 Å². The standard InChI is InChI=1S/C7H15NO3S/c8-6-7(9)2-1-4-12(10,11)5-3-7/h9H,1-6,8H2. The Morgan fingerprint density at radius 3 is 2.58 bits per heavy atom. The molecule has 1 rings (SSSR count). The van der Waals surface area contributed by atoms with E-state index in [0.717, 1.165) is 0 Å². The molecule has 1 atom stereocenters. The average molecular weight is 193 g/mol. The van der Waals surface area contributed by atoms with Crippen LogP contribution in [0.5, 0.6) is 0 Å². The summed E-state index contributed by atoms with van der Waals surface area (Å²) < 4.78 is 22.2. The molecule has 0 aromatic carbocycles. The van der Waals surface area contributed by atoms with E-state index in [0.29, 0.717) is 12.8 Å². The van der Waals surface area contributed by atoms with E-state index in [9.17, 15) is 13.5 Å². The van der Waals surface area contributed by atoms with Gasteiger partial charge in [0.05, 0.1) is 17.1 Å². The third kappa shape index (κ3) is 2.43. The van der Waals surface area contributed by atoms with Crippen molar-refractivity contribution < 1.29 is 13.5 Å². The van der Waals surface area contributed by atoms with E-state index < -0.39 is 15.4 Å². The Labute approximate surface area is 72.7 Å². The molecule has 1 saturated heterocycles. The van der Waals surface area contributed by atoms with Crippen molar-refractivity contribution in [2.75, 3.05) is 18.1 Å². The fourth-order valence-electron chi connectivity index (χ4n) is 1.40. The maximum atomic E-state index is 11.1. The SMILES string of the molecule is NCC1(O)CCCS(=O)(=O)CC1. The Morgan fingerprint density at radius 2 is 2.00 bits per heavy atom. The molecule has 72 valence electrons. The molecule has 5 heteroatoms. The van der Waals surface area contributed by atoms with Crippen molar-refractivity contribution in [3.8, 4) is 0 Å². The second-order valence-electron chi connectivity index (χ2n) is 3.43. The lowest BCUT2D eigenvalue weighted by Crippen LogP contribution is -2.37. The third-order valence-corrected chi connectivity index (χ3v) is 4.09. The Bertz CT molecular complexity index is 249. The monoisotopic (exact) mass is 193 g/mol. The number of sulfone groups is 1. The van der Waals surface area contributed by atoms with E-state index in [2.05, 4.69) is 0 Å². The van der Waals surface area contributed by atoms with Crippen LogP contribution in [0.3, 0.4) is 0 Å². The highest BCUT2D eigenvalue weighted by Gasteiger charge is 2.30. The summed E-state index contributed by atoms with van der Waals surface area (Å²) in [6.07, 6.45) is 1.31. The Morgan fingerprint density at radius 1 is 1.33 bits per heavy atom. The molecule has 0 saturated carbocycles.